The Balaban J connectivity index is 1.30. The van der Waals surface area contributed by atoms with Gasteiger partial charge in [0.25, 0.3) is 0 Å². The van der Waals surface area contributed by atoms with E-state index in [0.717, 1.165) is 29.8 Å². The van der Waals surface area contributed by atoms with Crippen LogP contribution in [0.4, 0.5) is 17.1 Å². The number of rotatable bonds is 6. The van der Waals surface area contributed by atoms with Crippen molar-refractivity contribution in [3.63, 3.8) is 0 Å². The minimum atomic E-state index is -0.650. The van der Waals surface area contributed by atoms with Crippen molar-refractivity contribution in [1.29, 1.82) is 0 Å². The number of aryl methyl sites for hydroxylation is 1. The van der Waals surface area contributed by atoms with Crippen molar-refractivity contribution < 1.29 is 14.4 Å². The van der Waals surface area contributed by atoms with E-state index >= 15 is 0 Å². The number of azo groups is 1. The second-order valence-electron chi connectivity index (χ2n) is 11.0. The summed E-state index contributed by atoms with van der Waals surface area (Å²) < 4.78 is 0. The first-order chi connectivity index (χ1) is 18.1. The molecule has 0 radical (unpaired) electrons. The molecule has 2 saturated carbocycles. The number of hydrogen-bond donors (Lipinski definition) is 1. The maximum Gasteiger partial charge on any atom is 0.365 e. The third-order valence-corrected chi connectivity index (χ3v) is 8.86. The van der Waals surface area contributed by atoms with Gasteiger partial charge in [-0.3, -0.25) is 4.79 Å². The summed E-state index contributed by atoms with van der Waals surface area (Å²) in [5, 5.41) is 16.0. The molecular weight excluding hydrogens is 476 g/mol. The Morgan fingerprint density at radius 3 is 2.11 bits per heavy atom. The zero-order valence-electron chi connectivity index (χ0n) is 22.2. The molecule has 2 fully saturated rings. The van der Waals surface area contributed by atoms with Crippen LogP contribution in [0.1, 0.15) is 56.0 Å². The average Bonchev–Trinajstić information content (AvgIpc) is 3.23. The molecule has 5 rings (SSSR count). The van der Waals surface area contributed by atoms with Crippen LogP contribution in [0.2, 0.25) is 0 Å². The fourth-order valence-corrected chi connectivity index (χ4v) is 5.83. The lowest BCUT2D eigenvalue weighted by Crippen LogP contribution is -2.43. The van der Waals surface area contributed by atoms with Gasteiger partial charge in [-0.05, 0) is 73.7 Å². The second-order valence-corrected chi connectivity index (χ2v) is 11.0. The second kappa shape index (κ2) is 9.63. The number of carbonyl (C=O) groups excluding carboxylic acids is 2. The fraction of sp³-hybridized carbons (Fsp3) is 0.323. The van der Waals surface area contributed by atoms with Crippen molar-refractivity contribution in [2.75, 3.05) is 5.32 Å². The fourth-order valence-electron chi connectivity index (χ4n) is 5.83. The Labute approximate surface area is 223 Å². The molecule has 2 bridgehead atoms. The number of anilines is 1. The Morgan fingerprint density at radius 2 is 1.45 bits per heavy atom. The van der Waals surface area contributed by atoms with Crippen LogP contribution in [0.25, 0.3) is 0 Å². The van der Waals surface area contributed by atoms with Gasteiger partial charge in [0.05, 0.1) is 28.1 Å². The first-order valence-corrected chi connectivity index (χ1v) is 12.9. The lowest BCUT2D eigenvalue weighted by molar-refractivity contribution is -0.130. The average molecular weight is 509 g/mol. The van der Waals surface area contributed by atoms with Crippen LogP contribution in [0.15, 0.2) is 94.2 Å². The summed E-state index contributed by atoms with van der Waals surface area (Å²) in [6.07, 6.45) is 2.00. The standard InChI is InChI=1S/C31H32N4O3/c1-21-10-12-22(13-11-21)27(36)38-35-26-20-31(19-18-30(26,4)29(31,2)3)28(37)32-23-14-16-25(17-15-23)34-33-24-8-6-5-7-9-24/h5-17H,18-20H2,1-4H3,(H,32,37). The lowest BCUT2D eigenvalue weighted by Gasteiger charge is -2.39. The van der Waals surface area contributed by atoms with E-state index in [9.17, 15) is 9.59 Å². The van der Waals surface area contributed by atoms with Crippen LogP contribution in [0.3, 0.4) is 0 Å². The van der Waals surface area contributed by atoms with Crippen molar-refractivity contribution >= 4 is 34.7 Å². The van der Waals surface area contributed by atoms with Crippen LogP contribution in [0, 0.1) is 23.2 Å². The SMILES string of the molecule is Cc1ccc(C(=O)ON=C2CC3(C(=O)Nc4ccc(N=Nc5ccccc5)cc4)CCC2(C)C3(C)C)cc1. The normalized spacial score (nSPS) is 24.6. The molecule has 2 unspecified atom stereocenters. The predicted molar refractivity (Wildman–Crippen MR) is 148 cm³/mol. The summed E-state index contributed by atoms with van der Waals surface area (Å²) in [6.45, 7) is 8.33. The summed E-state index contributed by atoms with van der Waals surface area (Å²) in [4.78, 5) is 31.7. The molecule has 1 amide bonds. The van der Waals surface area contributed by atoms with E-state index in [1.165, 1.54) is 0 Å². The molecule has 0 aromatic heterocycles. The Morgan fingerprint density at radius 1 is 0.816 bits per heavy atom. The van der Waals surface area contributed by atoms with E-state index in [2.05, 4.69) is 41.5 Å². The van der Waals surface area contributed by atoms with E-state index in [1.54, 1.807) is 12.1 Å². The highest BCUT2D eigenvalue weighted by Gasteiger charge is 2.71. The molecule has 7 heteroatoms. The maximum atomic E-state index is 13.8. The topological polar surface area (TPSA) is 92.5 Å². The Hall–Kier alpha value is -4.13. The van der Waals surface area contributed by atoms with E-state index < -0.39 is 11.4 Å². The molecular formula is C31H32N4O3. The van der Waals surface area contributed by atoms with Crippen molar-refractivity contribution in [3.05, 3.63) is 90.0 Å². The van der Waals surface area contributed by atoms with Crippen molar-refractivity contribution in [2.24, 2.45) is 31.6 Å². The summed E-state index contributed by atoms with van der Waals surface area (Å²) in [5.41, 5.74) is 3.08. The molecule has 1 N–H and O–H groups in total. The molecule has 3 aromatic rings. The van der Waals surface area contributed by atoms with Gasteiger partial charge in [-0.15, -0.1) is 0 Å². The molecule has 38 heavy (non-hydrogen) atoms. The molecule has 2 aliphatic rings. The monoisotopic (exact) mass is 508 g/mol. The number of nitrogens with zero attached hydrogens (tertiary/aromatic N) is 3. The molecule has 3 aromatic carbocycles. The number of oxime groups is 1. The molecule has 0 aliphatic heterocycles. The number of benzene rings is 3. The highest BCUT2D eigenvalue weighted by atomic mass is 16.7. The van der Waals surface area contributed by atoms with Gasteiger partial charge in [-0.2, -0.15) is 10.2 Å². The predicted octanol–water partition coefficient (Wildman–Crippen LogP) is 7.78. The number of hydrogen-bond acceptors (Lipinski definition) is 6. The number of carbonyl (C=O) groups is 2. The molecule has 2 aliphatic carbocycles. The van der Waals surface area contributed by atoms with Crippen LogP contribution in [0.5, 0.6) is 0 Å². The first kappa shape index (κ1) is 25.5. The minimum absolute atomic E-state index is 0.0417. The Bertz CT molecular complexity index is 1410. The number of nitrogens with one attached hydrogen (secondary N) is 1. The minimum Gasteiger partial charge on any atom is -0.326 e. The molecule has 0 heterocycles. The van der Waals surface area contributed by atoms with E-state index in [1.807, 2.05) is 73.7 Å². The molecule has 2 atom stereocenters. The zero-order chi connectivity index (χ0) is 27.0. The number of fused-ring (bicyclic) bond motifs is 2. The van der Waals surface area contributed by atoms with Gasteiger partial charge < -0.3 is 10.2 Å². The largest absolute Gasteiger partial charge is 0.365 e. The van der Waals surface area contributed by atoms with Crippen molar-refractivity contribution in [1.82, 2.24) is 0 Å². The van der Waals surface area contributed by atoms with Crippen LogP contribution < -0.4 is 5.32 Å². The summed E-state index contributed by atoms with van der Waals surface area (Å²) in [5.74, 6) is -0.537. The third kappa shape index (κ3) is 4.32. The maximum absolute atomic E-state index is 13.8. The number of amides is 1. The summed E-state index contributed by atoms with van der Waals surface area (Å²) >= 11 is 0. The van der Waals surface area contributed by atoms with E-state index in [-0.39, 0.29) is 16.7 Å². The van der Waals surface area contributed by atoms with Gasteiger partial charge in [0.15, 0.2) is 0 Å². The molecule has 0 spiro atoms. The third-order valence-electron chi connectivity index (χ3n) is 8.86. The van der Waals surface area contributed by atoms with Crippen LogP contribution >= 0.6 is 0 Å². The summed E-state index contributed by atoms with van der Waals surface area (Å²) in [6, 6.07) is 24.0. The van der Waals surface area contributed by atoms with Crippen LogP contribution in [-0.4, -0.2) is 17.6 Å². The van der Waals surface area contributed by atoms with Gasteiger partial charge in [0.1, 0.15) is 0 Å². The van der Waals surface area contributed by atoms with Gasteiger partial charge in [-0.1, -0.05) is 61.8 Å². The van der Waals surface area contributed by atoms with Crippen LogP contribution in [-0.2, 0) is 9.63 Å². The van der Waals surface area contributed by atoms with Gasteiger partial charge in [-0.25, -0.2) is 4.79 Å². The Kier molecular flexibility index (Phi) is 6.47. The smallest absolute Gasteiger partial charge is 0.326 e. The molecule has 7 nitrogen and oxygen atoms in total. The van der Waals surface area contributed by atoms with Crippen molar-refractivity contribution in [3.8, 4) is 0 Å². The van der Waals surface area contributed by atoms with Gasteiger partial charge >= 0.3 is 5.97 Å². The first-order valence-electron chi connectivity index (χ1n) is 12.9. The zero-order valence-corrected chi connectivity index (χ0v) is 22.2. The van der Waals surface area contributed by atoms with E-state index in [4.69, 9.17) is 4.84 Å². The molecule has 194 valence electrons. The van der Waals surface area contributed by atoms with E-state index in [0.29, 0.717) is 23.4 Å². The highest BCUT2D eigenvalue weighted by molar-refractivity contribution is 6.06. The lowest BCUT2D eigenvalue weighted by atomic mass is 9.64. The van der Waals surface area contributed by atoms with Gasteiger partial charge in [0, 0.05) is 17.5 Å². The quantitative estimate of drug-likeness (QED) is 0.209. The highest BCUT2D eigenvalue weighted by Crippen LogP contribution is 2.71. The molecule has 0 saturated heterocycles. The summed E-state index contributed by atoms with van der Waals surface area (Å²) in [7, 11) is 0. The van der Waals surface area contributed by atoms with Gasteiger partial charge in [0.2, 0.25) is 5.91 Å². The van der Waals surface area contributed by atoms with Crippen molar-refractivity contribution in [2.45, 2.75) is 47.0 Å².